The Bertz CT molecular complexity index is 626. The molecule has 1 aliphatic carbocycles. The summed E-state index contributed by atoms with van der Waals surface area (Å²) in [5.41, 5.74) is 0.754. The fourth-order valence-corrected chi connectivity index (χ4v) is 2.92. The number of ether oxygens (including phenoxy) is 1. The first-order chi connectivity index (χ1) is 9.75. The third-order valence-electron chi connectivity index (χ3n) is 4.34. The normalized spacial score (nSPS) is 16.4. The summed E-state index contributed by atoms with van der Waals surface area (Å²) in [5, 5.41) is 5.84. The van der Waals surface area contributed by atoms with Crippen molar-refractivity contribution >= 4 is 22.4 Å². The van der Waals surface area contributed by atoms with Gasteiger partial charge in [0.05, 0.1) is 12.5 Å². The van der Waals surface area contributed by atoms with Crippen LogP contribution in [0.25, 0.3) is 10.8 Å². The lowest BCUT2D eigenvalue weighted by Crippen LogP contribution is -2.44. The second-order valence-corrected chi connectivity index (χ2v) is 5.51. The minimum Gasteiger partial charge on any atom is -0.469 e. The molecule has 0 spiro atoms. The van der Waals surface area contributed by atoms with E-state index < -0.39 is 0 Å². The van der Waals surface area contributed by atoms with Gasteiger partial charge < -0.3 is 10.1 Å². The van der Waals surface area contributed by atoms with Crippen molar-refractivity contribution in [2.75, 3.05) is 19.0 Å². The number of esters is 1. The predicted octanol–water partition coefficient (Wildman–Crippen LogP) is 3.60. The van der Waals surface area contributed by atoms with Crippen molar-refractivity contribution in [2.45, 2.75) is 19.3 Å². The number of anilines is 1. The second-order valence-electron chi connectivity index (χ2n) is 5.51. The monoisotopic (exact) mass is 269 g/mol. The van der Waals surface area contributed by atoms with Gasteiger partial charge in [-0.05, 0) is 24.3 Å². The van der Waals surface area contributed by atoms with E-state index in [1.807, 2.05) is 18.2 Å². The molecule has 1 saturated carbocycles. The summed E-state index contributed by atoms with van der Waals surface area (Å²) in [7, 11) is 1.47. The van der Waals surface area contributed by atoms with E-state index in [1.165, 1.54) is 17.9 Å². The number of fused-ring (bicyclic) bond motifs is 1. The molecule has 0 unspecified atom stereocenters. The summed E-state index contributed by atoms with van der Waals surface area (Å²) in [6.45, 7) is 0.647. The van der Waals surface area contributed by atoms with Gasteiger partial charge in [0.15, 0.2) is 0 Å². The Labute approximate surface area is 118 Å². The molecule has 3 nitrogen and oxygen atoms in total. The van der Waals surface area contributed by atoms with Crippen LogP contribution in [0.1, 0.15) is 19.3 Å². The molecule has 20 heavy (non-hydrogen) atoms. The summed E-state index contributed by atoms with van der Waals surface area (Å²) in [6, 6.07) is 14.5. The number of rotatable bonds is 4. The van der Waals surface area contributed by atoms with E-state index in [9.17, 15) is 4.79 Å². The van der Waals surface area contributed by atoms with Crippen LogP contribution in [0.15, 0.2) is 42.5 Å². The van der Waals surface area contributed by atoms with Gasteiger partial charge in [-0.1, -0.05) is 42.8 Å². The average molecular weight is 269 g/mol. The SMILES string of the molecule is COC(=O)C1(CNc2cccc3ccccc23)CCC1. The first-order valence-electron chi connectivity index (χ1n) is 7.05. The van der Waals surface area contributed by atoms with Crippen LogP contribution in [-0.2, 0) is 9.53 Å². The van der Waals surface area contributed by atoms with Crippen molar-refractivity contribution < 1.29 is 9.53 Å². The molecule has 1 fully saturated rings. The summed E-state index contributed by atoms with van der Waals surface area (Å²) < 4.78 is 4.95. The first kappa shape index (κ1) is 13.0. The van der Waals surface area contributed by atoms with Crippen molar-refractivity contribution in [2.24, 2.45) is 5.41 Å². The smallest absolute Gasteiger partial charge is 0.313 e. The third-order valence-corrected chi connectivity index (χ3v) is 4.34. The lowest BCUT2D eigenvalue weighted by molar-refractivity contribution is -0.157. The largest absolute Gasteiger partial charge is 0.469 e. The molecule has 2 aromatic carbocycles. The molecule has 0 saturated heterocycles. The topological polar surface area (TPSA) is 38.3 Å². The number of carbonyl (C=O) groups is 1. The average Bonchev–Trinajstić information content (AvgIpc) is 2.46. The van der Waals surface area contributed by atoms with Gasteiger partial charge in [0.1, 0.15) is 0 Å². The minimum atomic E-state index is -0.328. The molecule has 3 heteroatoms. The number of methoxy groups -OCH3 is 1. The van der Waals surface area contributed by atoms with Gasteiger partial charge in [-0.3, -0.25) is 4.79 Å². The van der Waals surface area contributed by atoms with Crippen molar-refractivity contribution in [1.29, 1.82) is 0 Å². The van der Waals surface area contributed by atoms with Crippen LogP contribution in [0.5, 0.6) is 0 Å². The van der Waals surface area contributed by atoms with Gasteiger partial charge in [-0.25, -0.2) is 0 Å². The van der Waals surface area contributed by atoms with Gasteiger partial charge in [0.25, 0.3) is 0 Å². The molecule has 0 heterocycles. The van der Waals surface area contributed by atoms with Gasteiger partial charge in [0.2, 0.25) is 0 Å². The zero-order valence-corrected chi connectivity index (χ0v) is 11.7. The summed E-state index contributed by atoms with van der Waals surface area (Å²) in [5.74, 6) is -0.0866. The number of benzene rings is 2. The molecule has 0 radical (unpaired) electrons. The Kier molecular flexibility index (Phi) is 3.35. The Morgan fingerprint density at radius 1 is 1.20 bits per heavy atom. The minimum absolute atomic E-state index is 0.0866. The molecule has 0 bridgehead atoms. The molecule has 1 aliphatic rings. The van der Waals surface area contributed by atoms with E-state index in [2.05, 4.69) is 29.6 Å². The van der Waals surface area contributed by atoms with Crippen LogP contribution in [0.2, 0.25) is 0 Å². The Hall–Kier alpha value is -2.03. The second kappa shape index (κ2) is 5.16. The maximum atomic E-state index is 11.9. The van der Waals surface area contributed by atoms with E-state index >= 15 is 0 Å². The molecule has 0 atom stereocenters. The molecule has 1 N–H and O–H groups in total. The van der Waals surface area contributed by atoms with Gasteiger partial charge in [-0.2, -0.15) is 0 Å². The van der Waals surface area contributed by atoms with Crippen molar-refractivity contribution in [3.8, 4) is 0 Å². The van der Waals surface area contributed by atoms with E-state index in [-0.39, 0.29) is 11.4 Å². The summed E-state index contributed by atoms with van der Waals surface area (Å²) >= 11 is 0. The number of carbonyl (C=O) groups excluding carboxylic acids is 1. The number of hydrogen-bond donors (Lipinski definition) is 1. The third kappa shape index (κ3) is 2.13. The highest BCUT2D eigenvalue weighted by Gasteiger charge is 2.45. The Morgan fingerprint density at radius 3 is 2.65 bits per heavy atom. The van der Waals surface area contributed by atoms with Crippen molar-refractivity contribution in [3.63, 3.8) is 0 Å². The van der Waals surface area contributed by atoms with E-state index in [1.54, 1.807) is 0 Å². The lowest BCUT2D eigenvalue weighted by Gasteiger charge is -2.39. The molecule has 0 amide bonds. The molecule has 0 aromatic heterocycles. The van der Waals surface area contributed by atoms with Crippen LogP contribution >= 0.6 is 0 Å². The van der Waals surface area contributed by atoms with Gasteiger partial charge in [-0.15, -0.1) is 0 Å². The quantitative estimate of drug-likeness (QED) is 0.862. The first-order valence-corrected chi connectivity index (χ1v) is 7.05. The van der Waals surface area contributed by atoms with Crippen LogP contribution in [-0.4, -0.2) is 19.6 Å². The van der Waals surface area contributed by atoms with E-state index in [0.717, 1.165) is 24.9 Å². The zero-order chi connectivity index (χ0) is 14.0. The van der Waals surface area contributed by atoms with Crippen molar-refractivity contribution in [3.05, 3.63) is 42.5 Å². The summed E-state index contributed by atoms with van der Waals surface area (Å²) in [4.78, 5) is 11.9. The highest BCUT2D eigenvalue weighted by atomic mass is 16.5. The standard InChI is InChI=1S/C17H19NO2/c1-20-16(19)17(10-5-11-17)12-18-15-9-4-7-13-6-2-3-8-14(13)15/h2-4,6-9,18H,5,10-12H2,1H3. The van der Waals surface area contributed by atoms with Crippen LogP contribution in [0.3, 0.4) is 0 Å². The molecular formula is C17H19NO2. The van der Waals surface area contributed by atoms with Crippen LogP contribution in [0, 0.1) is 5.41 Å². The lowest BCUT2D eigenvalue weighted by atomic mass is 9.68. The molecule has 3 rings (SSSR count). The molecule has 0 aliphatic heterocycles. The van der Waals surface area contributed by atoms with Crippen LogP contribution < -0.4 is 5.32 Å². The van der Waals surface area contributed by atoms with Crippen molar-refractivity contribution in [1.82, 2.24) is 0 Å². The number of hydrogen-bond acceptors (Lipinski definition) is 3. The Morgan fingerprint density at radius 2 is 1.95 bits per heavy atom. The predicted molar refractivity (Wildman–Crippen MR) is 80.7 cm³/mol. The maximum Gasteiger partial charge on any atom is 0.313 e. The fourth-order valence-electron chi connectivity index (χ4n) is 2.92. The Balaban J connectivity index is 1.82. The molecule has 104 valence electrons. The van der Waals surface area contributed by atoms with Crippen LogP contribution in [0.4, 0.5) is 5.69 Å². The molecular weight excluding hydrogens is 250 g/mol. The summed E-state index contributed by atoms with van der Waals surface area (Å²) in [6.07, 6.45) is 2.93. The number of nitrogens with one attached hydrogen (secondary N) is 1. The maximum absolute atomic E-state index is 11.9. The van der Waals surface area contributed by atoms with E-state index in [0.29, 0.717) is 6.54 Å². The fraction of sp³-hybridized carbons (Fsp3) is 0.353. The highest BCUT2D eigenvalue weighted by Crippen LogP contribution is 2.42. The van der Waals surface area contributed by atoms with E-state index in [4.69, 9.17) is 4.74 Å². The zero-order valence-electron chi connectivity index (χ0n) is 11.7. The van der Waals surface area contributed by atoms with Gasteiger partial charge >= 0.3 is 5.97 Å². The van der Waals surface area contributed by atoms with Gasteiger partial charge in [0, 0.05) is 17.6 Å². The molecule has 2 aromatic rings. The highest BCUT2D eigenvalue weighted by molar-refractivity contribution is 5.94.